The second-order valence-electron chi connectivity index (χ2n) is 8.13. The van der Waals surface area contributed by atoms with E-state index in [4.69, 9.17) is 0 Å². The van der Waals surface area contributed by atoms with Gasteiger partial charge >= 0.3 is 0 Å². The normalized spacial score (nSPS) is 12.1. The summed E-state index contributed by atoms with van der Waals surface area (Å²) < 4.78 is 13.6. The predicted octanol–water partition coefficient (Wildman–Crippen LogP) is 6.29. The van der Waals surface area contributed by atoms with E-state index in [-0.39, 0.29) is 11.5 Å². The van der Waals surface area contributed by atoms with Crippen molar-refractivity contribution >= 4 is 34.6 Å². The average Bonchev–Trinajstić information content (AvgIpc) is 3.02. The summed E-state index contributed by atoms with van der Waals surface area (Å²) >= 11 is 0. The molecule has 0 aromatic heterocycles. The Morgan fingerprint density at radius 3 is 2.38 bits per heavy atom. The number of benzene rings is 4. The Morgan fingerprint density at radius 1 is 0.882 bits per heavy atom. The molecule has 0 aliphatic carbocycles. The number of carbonyl (C=O) groups is 2. The second-order valence-corrected chi connectivity index (χ2v) is 8.13. The third-order valence-corrected chi connectivity index (χ3v) is 5.88. The molecule has 0 unspecified atom stereocenters. The van der Waals surface area contributed by atoms with E-state index in [1.54, 1.807) is 42.2 Å². The van der Waals surface area contributed by atoms with Crippen molar-refractivity contribution in [2.45, 2.75) is 13.5 Å². The van der Waals surface area contributed by atoms with Crippen molar-refractivity contribution in [3.63, 3.8) is 0 Å². The van der Waals surface area contributed by atoms with Gasteiger partial charge in [-0.25, -0.2) is 4.39 Å². The Bertz CT molecular complexity index is 1350. The number of hydrogen-bond donors (Lipinski definition) is 2. The molecule has 0 saturated carbocycles. The van der Waals surface area contributed by atoms with Gasteiger partial charge in [-0.15, -0.1) is 0 Å². The highest BCUT2D eigenvalue weighted by molar-refractivity contribution is 6.13. The van der Waals surface area contributed by atoms with Crippen LogP contribution in [0.25, 0.3) is 0 Å². The highest BCUT2D eigenvalue weighted by Crippen LogP contribution is 2.38. The molecule has 4 aromatic carbocycles. The topological polar surface area (TPSA) is 61.4 Å². The molecule has 0 spiro atoms. The summed E-state index contributed by atoms with van der Waals surface area (Å²) in [5.74, 6) is -1.05. The van der Waals surface area contributed by atoms with Crippen LogP contribution < -0.4 is 15.5 Å². The molecule has 34 heavy (non-hydrogen) atoms. The van der Waals surface area contributed by atoms with E-state index in [0.29, 0.717) is 23.4 Å². The first kappa shape index (κ1) is 21.4. The molecular weight excluding hydrogens is 429 g/mol. The molecule has 0 fully saturated rings. The Balaban J connectivity index is 1.44. The summed E-state index contributed by atoms with van der Waals surface area (Å²) in [4.78, 5) is 28.0. The first-order valence-corrected chi connectivity index (χ1v) is 10.9. The fourth-order valence-electron chi connectivity index (χ4n) is 4.10. The SMILES string of the molecule is Cc1ccc(F)cc1C(=O)Nc1ccc(C(=O)N2c3ccccc3CNc3ccccc32)cc1. The van der Waals surface area contributed by atoms with Gasteiger partial charge in [0.1, 0.15) is 5.82 Å². The molecule has 0 atom stereocenters. The van der Waals surface area contributed by atoms with Crippen molar-refractivity contribution in [2.24, 2.45) is 0 Å². The molecule has 1 heterocycles. The van der Waals surface area contributed by atoms with Crippen molar-refractivity contribution in [1.29, 1.82) is 0 Å². The van der Waals surface area contributed by atoms with Gasteiger partial charge in [-0.2, -0.15) is 0 Å². The van der Waals surface area contributed by atoms with Crippen LogP contribution in [0.4, 0.5) is 27.1 Å². The standard InChI is InChI=1S/C28H22FN3O2/c1-18-10-13-21(29)16-23(18)27(33)31-22-14-11-19(12-15-22)28(34)32-25-8-4-2-6-20(25)17-30-24-7-3-5-9-26(24)32/h2-16,30H,17H2,1H3,(H,31,33). The minimum atomic E-state index is -0.468. The third kappa shape index (κ3) is 4.01. The van der Waals surface area contributed by atoms with Crippen LogP contribution >= 0.6 is 0 Å². The van der Waals surface area contributed by atoms with E-state index in [2.05, 4.69) is 10.6 Å². The minimum Gasteiger partial charge on any atom is -0.379 e. The fourth-order valence-corrected chi connectivity index (χ4v) is 4.10. The van der Waals surface area contributed by atoms with Gasteiger partial charge in [0.2, 0.25) is 0 Å². The van der Waals surface area contributed by atoms with Gasteiger partial charge in [-0.05, 0) is 72.6 Å². The largest absolute Gasteiger partial charge is 0.379 e. The Hall–Kier alpha value is -4.45. The highest BCUT2D eigenvalue weighted by atomic mass is 19.1. The van der Waals surface area contributed by atoms with Crippen LogP contribution in [0.5, 0.6) is 0 Å². The predicted molar refractivity (Wildman–Crippen MR) is 132 cm³/mol. The van der Waals surface area contributed by atoms with E-state index < -0.39 is 11.7 Å². The molecular formula is C28H22FN3O2. The zero-order chi connectivity index (χ0) is 23.7. The lowest BCUT2D eigenvalue weighted by molar-refractivity contribution is 0.0997. The van der Waals surface area contributed by atoms with Gasteiger partial charge in [0.05, 0.1) is 17.1 Å². The van der Waals surface area contributed by atoms with Crippen LogP contribution in [-0.4, -0.2) is 11.8 Å². The van der Waals surface area contributed by atoms with E-state index in [1.807, 2.05) is 48.5 Å². The van der Waals surface area contributed by atoms with Gasteiger partial charge in [-0.3, -0.25) is 14.5 Å². The number of carbonyl (C=O) groups excluding carboxylic acids is 2. The quantitative estimate of drug-likeness (QED) is 0.385. The van der Waals surface area contributed by atoms with Crippen molar-refractivity contribution in [3.05, 3.63) is 119 Å². The number of aryl methyl sites for hydroxylation is 1. The fraction of sp³-hybridized carbons (Fsp3) is 0.0714. The molecule has 0 bridgehead atoms. The monoisotopic (exact) mass is 451 g/mol. The lowest BCUT2D eigenvalue weighted by Crippen LogP contribution is -2.26. The number of fused-ring (bicyclic) bond motifs is 2. The summed E-state index contributed by atoms with van der Waals surface area (Å²) in [5, 5.41) is 6.18. The third-order valence-electron chi connectivity index (χ3n) is 5.88. The Morgan fingerprint density at radius 2 is 1.59 bits per heavy atom. The molecule has 5 nitrogen and oxygen atoms in total. The van der Waals surface area contributed by atoms with Gasteiger partial charge in [0.15, 0.2) is 0 Å². The molecule has 6 heteroatoms. The molecule has 1 aliphatic heterocycles. The molecule has 2 N–H and O–H groups in total. The van der Waals surface area contributed by atoms with E-state index in [9.17, 15) is 14.0 Å². The summed E-state index contributed by atoms with van der Waals surface area (Å²) in [6.45, 7) is 2.36. The van der Waals surface area contributed by atoms with Gasteiger partial charge in [0.25, 0.3) is 11.8 Å². The lowest BCUT2D eigenvalue weighted by Gasteiger charge is -2.24. The highest BCUT2D eigenvalue weighted by Gasteiger charge is 2.26. The summed E-state index contributed by atoms with van der Waals surface area (Å²) in [5.41, 5.74) is 5.43. The molecule has 0 radical (unpaired) electrons. The molecule has 4 aromatic rings. The smallest absolute Gasteiger partial charge is 0.262 e. The van der Waals surface area contributed by atoms with Crippen LogP contribution in [0.2, 0.25) is 0 Å². The first-order chi connectivity index (χ1) is 16.5. The summed E-state index contributed by atoms with van der Waals surface area (Å²) in [6, 6.07) is 26.3. The van der Waals surface area contributed by atoms with Gasteiger partial charge < -0.3 is 10.6 Å². The second kappa shape index (κ2) is 8.83. The lowest BCUT2D eigenvalue weighted by atomic mass is 10.1. The van der Waals surface area contributed by atoms with E-state index in [0.717, 1.165) is 22.6 Å². The van der Waals surface area contributed by atoms with Crippen LogP contribution in [0.15, 0.2) is 91.0 Å². The molecule has 5 rings (SSSR count). The minimum absolute atomic E-state index is 0.178. The van der Waals surface area contributed by atoms with E-state index >= 15 is 0 Å². The first-order valence-electron chi connectivity index (χ1n) is 10.9. The maximum absolute atomic E-state index is 13.7. The van der Waals surface area contributed by atoms with Crippen molar-refractivity contribution in [3.8, 4) is 0 Å². The van der Waals surface area contributed by atoms with Gasteiger partial charge in [-0.1, -0.05) is 36.4 Å². The summed E-state index contributed by atoms with van der Waals surface area (Å²) in [7, 11) is 0. The maximum Gasteiger partial charge on any atom is 0.262 e. The van der Waals surface area contributed by atoms with Crippen molar-refractivity contribution in [1.82, 2.24) is 0 Å². The zero-order valence-corrected chi connectivity index (χ0v) is 18.5. The van der Waals surface area contributed by atoms with Crippen molar-refractivity contribution < 1.29 is 14.0 Å². The number of halogens is 1. The van der Waals surface area contributed by atoms with Crippen LogP contribution in [0.3, 0.4) is 0 Å². The number of nitrogens with one attached hydrogen (secondary N) is 2. The number of anilines is 4. The number of nitrogens with zero attached hydrogens (tertiary/aromatic N) is 1. The summed E-state index contributed by atoms with van der Waals surface area (Å²) in [6.07, 6.45) is 0. The van der Waals surface area contributed by atoms with Crippen LogP contribution in [0.1, 0.15) is 31.8 Å². The van der Waals surface area contributed by atoms with Crippen LogP contribution in [0, 0.1) is 12.7 Å². The zero-order valence-electron chi connectivity index (χ0n) is 18.5. The molecule has 2 amide bonds. The molecule has 168 valence electrons. The molecule has 1 aliphatic rings. The van der Waals surface area contributed by atoms with Crippen LogP contribution in [-0.2, 0) is 6.54 Å². The Labute approximate surface area is 196 Å². The number of para-hydroxylation sites is 3. The van der Waals surface area contributed by atoms with E-state index in [1.165, 1.54) is 12.1 Å². The average molecular weight is 452 g/mol. The number of hydrogen-bond acceptors (Lipinski definition) is 3. The molecule has 0 saturated heterocycles. The number of rotatable bonds is 3. The Kier molecular flexibility index (Phi) is 5.55. The maximum atomic E-state index is 13.7. The number of amides is 2. The van der Waals surface area contributed by atoms with Gasteiger partial charge in [0, 0.05) is 23.4 Å². The van der Waals surface area contributed by atoms with Crippen molar-refractivity contribution in [2.75, 3.05) is 15.5 Å².